The van der Waals surface area contributed by atoms with Crippen LogP contribution in [0.5, 0.6) is 0 Å². The summed E-state index contributed by atoms with van der Waals surface area (Å²) in [5, 5.41) is 4.56. The highest BCUT2D eigenvalue weighted by Gasteiger charge is 2.25. The number of hydrogen-bond donors (Lipinski definition) is 0. The van der Waals surface area contributed by atoms with Crippen molar-refractivity contribution in [1.29, 1.82) is 0 Å². The van der Waals surface area contributed by atoms with Crippen LogP contribution in [0.3, 0.4) is 0 Å². The van der Waals surface area contributed by atoms with Crippen molar-refractivity contribution in [2.75, 3.05) is 0 Å². The van der Waals surface area contributed by atoms with Crippen LogP contribution in [-0.2, 0) is 0 Å². The van der Waals surface area contributed by atoms with E-state index in [1.807, 2.05) is 54.6 Å². The highest BCUT2D eigenvalue weighted by Crippen LogP contribution is 2.44. The molecule has 0 aliphatic heterocycles. The van der Waals surface area contributed by atoms with Gasteiger partial charge in [-0.1, -0.05) is 36.4 Å². The van der Waals surface area contributed by atoms with E-state index < -0.39 is 11.6 Å². The number of benzene rings is 4. The van der Waals surface area contributed by atoms with E-state index in [4.69, 9.17) is 4.42 Å². The van der Waals surface area contributed by atoms with E-state index in [1.54, 1.807) is 11.5 Å². The summed E-state index contributed by atoms with van der Waals surface area (Å²) >= 11 is 3.80. The van der Waals surface area contributed by atoms with E-state index in [9.17, 15) is 0 Å². The molecule has 32 heavy (non-hydrogen) atoms. The Morgan fingerprint density at radius 3 is 2.28 bits per heavy atom. The molecule has 0 aliphatic rings. The highest BCUT2D eigenvalue weighted by atomic mass is 79.9. The molecule has 0 saturated carbocycles. The average Bonchev–Trinajstić information content (AvgIpc) is 3.33. The van der Waals surface area contributed by atoms with Gasteiger partial charge in [0.25, 0.3) is 0 Å². The van der Waals surface area contributed by atoms with Crippen LogP contribution in [0, 0.1) is 18.6 Å². The fourth-order valence-electron chi connectivity index (χ4n) is 4.55. The van der Waals surface area contributed by atoms with Gasteiger partial charge in [0.15, 0.2) is 11.6 Å². The van der Waals surface area contributed by atoms with Crippen molar-refractivity contribution in [2.24, 2.45) is 0 Å². The van der Waals surface area contributed by atoms with Crippen molar-refractivity contribution in [2.45, 2.75) is 6.92 Å². The monoisotopic (exact) mass is 525 g/mol. The molecule has 2 nitrogen and oxygen atoms in total. The standard InChI is InChI=1S/C25H16BrF2NOP2/c1-11-21(27)23(22(28)25(32)24(11)31)29-14-8-4-2-6-12(14)18-15(29)10-17-19(20(18)26)13-7-3-5-9-16(13)30-17/h2-10H,31-32H2,1H3. The average molecular weight is 526 g/mol. The molecule has 4 aromatic carbocycles. The predicted octanol–water partition coefficient (Wildman–Crippen LogP) is 7.03. The molecule has 0 spiro atoms. The van der Waals surface area contributed by atoms with Gasteiger partial charge >= 0.3 is 0 Å². The Kier molecular flexibility index (Phi) is 4.50. The van der Waals surface area contributed by atoms with Crippen LogP contribution in [0.1, 0.15) is 5.56 Å². The minimum atomic E-state index is -0.605. The van der Waals surface area contributed by atoms with E-state index in [2.05, 4.69) is 34.4 Å². The zero-order chi connectivity index (χ0) is 22.3. The zero-order valence-corrected chi connectivity index (χ0v) is 20.7. The fourth-order valence-corrected chi connectivity index (χ4v) is 5.98. The summed E-state index contributed by atoms with van der Waals surface area (Å²) in [7, 11) is 4.83. The molecule has 2 atom stereocenters. The molecule has 6 rings (SSSR count). The van der Waals surface area contributed by atoms with Crippen LogP contribution >= 0.6 is 34.4 Å². The van der Waals surface area contributed by atoms with Crippen LogP contribution in [-0.4, -0.2) is 4.57 Å². The Bertz CT molecular complexity index is 1720. The second-order valence-corrected chi connectivity index (χ2v) is 9.79. The lowest BCUT2D eigenvalue weighted by molar-refractivity contribution is 0.574. The van der Waals surface area contributed by atoms with Crippen LogP contribution in [0.15, 0.2) is 63.5 Å². The fraction of sp³-hybridized carbons (Fsp3) is 0.0400. The summed E-state index contributed by atoms with van der Waals surface area (Å²) in [4.78, 5) is 0. The molecule has 6 aromatic rings. The lowest BCUT2D eigenvalue weighted by Gasteiger charge is -2.16. The number of hydrogen-bond acceptors (Lipinski definition) is 1. The second kappa shape index (κ2) is 7.09. The Hall–Kier alpha value is -2.32. The molecule has 0 saturated heterocycles. The lowest BCUT2D eigenvalue weighted by Crippen LogP contribution is -2.24. The van der Waals surface area contributed by atoms with Crippen LogP contribution < -0.4 is 10.6 Å². The van der Waals surface area contributed by atoms with E-state index in [1.165, 1.54) is 0 Å². The Morgan fingerprint density at radius 2 is 1.50 bits per heavy atom. The Balaban J connectivity index is 1.89. The van der Waals surface area contributed by atoms with E-state index in [0.29, 0.717) is 27.3 Å². The number of halogens is 3. The number of furan rings is 1. The minimum absolute atomic E-state index is 0.0905. The van der Waals surface area contributed by atoms with Crippen LogP contribution in [0.25, 0.3) is 49.4 Å². The molecule has 158 valence electrons. The molecule has 0 bridgehead atoms. The van der Waals surface area contributed by atoms with E-state index in [0.717, 1.165) is 37.1 Å². The number of aromatic nitrogens is 1. The first-order valence-electron chi connectivity index (χ1n) is 9.96. The maximum absolute atomic E-state index is 15.6. The third-order valence-corrected chi connectivity index (χ3v) is 8.57. The summed E-state index contributed by atoms with van der Waals surface area (Å²) in [6.07, 6.45) is 0. The highest BCUT2D eigenvalue weighted by molar-refractivity contribution is 9.10. The summed E-state index contributed by atoms with van der Waals surface area (Å²) in [5.74, 6) is -1.19. The quantitative estimate of drug-likeness (QED) is 0.211. The molecule has 0 radical (unpaired) electrons. The van der Waals surface area contributed by atoms with Crippen molar-refractivity contribution < 1.29 is 13.2 Å². The molecule has 0 N–H and O–H groups in total. The SMILES string of the molecule is Cc1c(F)c(-n2c3ccccc3c3c(Br)c4c(cc32)oc2ccccc24)c(F)c(P)c1P. The maximum atomic E-state index is 15.6. The van der Waals surface area contributed by atoms with Crippen LogP contribution in [0.2, 0.25) is 0 Å². The van der Waals surface area contributed by atoms with Gasteiger partial charge in [0.05, 0.1) is 11.0 Å². The number of fused-ring (bicyclic) bond motifs is 6. The smallest absolute Gasteiger partial charge is 0.157 e. The summed E-state index contributed by atoms with van der Waals surface area (Å²) in [6.45, 7) is 1.66. The molecule has 0 fully saturated rings. The van der Waals surface area contributed by atoms with Crippen molar-refractivity contribution in [3.63, 3.8) is 0 Å². The number of nitrogens with zero attached hydrogens (tertiary/aromatic N) is 1. The van der Waals surface area contributed by atoms with Crippen molar-refractivity contribution in [3.8, 4) is 5.69 Å². The molecular weight excluding hydrogens is 510 g/mol. The van der Waals surface area contributed by atoms with Crippen molar-refractivity contribution in [3.05, 3.63) is 76.3 Å². The van der Waals surface area contributed by atoms with Gasteiger partial charge in [0, 0.05) is 37.4 Å². The molecule has 7 heteroatoms. The second-order valence-electron chi connectivity index (χ2n) is 7.84. The molecular formula is C25H16BrF2NOP2. The maximum Gasteiger partial charge on any atom is 0.157 e. The summed E-state index contributed by atoms with van der Waals surface area (Å²) in [5.41, 5.74) is 3.11. The van der Waals surface area contributed by atoms with Gasteiger partial charge < -0.3 is 8.98 Å². The number of rotatable bonds is 1. The molecule has 2 unspecified atom stereocenters. The Labute approximate surface area is 195 Å². The molecule has 2 heterocycles. The molecule has 2 aromatic heterocycles. The molecule has 0 amide bonds. The third-order valence-electron chi connectivity index (χ3n) is 6.14. The van der Waals surface area contributed by atoms with Crippen molar-refractivity contribution in [1.82, 2.24) is 4.57 Å². The van der Waals surface area contributed by atoms with Gasteiger partial charge in [-0.15, -0.1) is 18.5 Å². The summed E-state index contributed by atoms with van der Waals surface area (Å²) in [6, 6.07) is 17.4. The number of para-hydroxylation sites is 2. The normalized spacial score (nSPS) is 12.1. The minimum Gasteiger partial charge on any atom is -0.456 e. The van der Waals surface area contributed by atoms with Crippen molar-refractivity contribution >= 4 is 88.8 Å². The molecule has 0 aliphatic carbocycles. The third kappa shape index (κ3) is 2.56. The van der Waals surface area contributed by atoms with Crippen LogP contribution in [0.4, 0.5) is 8.78 Å². The van der Waals surface area contributed by atoms with Gasteiger partial charge in [-0.3, -0.25) is 0 Å². The lowest BCUT2D eigenvalue weighted by atomic mass is 10.1. The van der Waals surface area contributed by atoms with E-state index >= 15 is 8.78 Å². The Morgan fingerprint density at radius 1 is 0.812 bits per heavy atom. The summed E-state index contributed by atoms with van der Waals surface area (Å²) < 4.78 is 39.8. The van der Waals surface area contributed by atoms with Gasteiger partial charge in [0.1, 0.15) is 16.9 Å². The van der Waals surface area contributed by atoms with Gasteiger partial charge in [-0.25, -0.2) is 8.78 Å². The van der Waals surface area contributed by atoms with Gasteiger partial charge in [-0.2, -0.15) is 0 Å². The zero-order valence-electron chi connectivity index (χ0n) is 16.8. The predicted molar refractivity (Wildman–Crippen MR) is 139 cm³/mol. The first-order valence-corrected chi connectivity index (χ1v) is 11.9. The van der Waals surface area contributed by atoms with Gasteiger partial charge in [-0.05, 0) is 45.9 Å². The van der Waals surface area contributed by atoms with Gasteiger partial charge in [0.2, 0.25) is 0 Å². The first kappa shape index (κ1) is 20.3. The largest absolute Gasteiger partial charge is 0.456 e. The van der Waals surface area contributed by atoms with E-state index in [-0.39, 0.29) is 5.69 Å². The topological polar surface area (TPSA) is 18.1 Å². The first-order chi connectivity index (χ1) is 15.4.